The number of amides is 1. The minimum atomic E-state index is -3.70. The number of anilines is 1. The van der Waals surface area contributed by atoms with Gasteiger partial charge in [-0.1, -0.05) is 25.1 Å². The van der Waals surface area contributed by atoms with E-state index in [1.54, 1.807) is 31.2 Å². The molecule has 0 aromatic heterocycles. The van der Waals surface area contributed by atoms with Crippen LogP contribution in [0.5, 0.6) is 11.5 Å². The van der Waals surface area contributed by atoms with Crippen LogP contribution in [0.2, 0.25) is 0 Å². The largest absolute Gasteiger partial charge is 0.497 e. The van der Waals surface area contributed by atoms with Crippen LogP contribution in [-0.4, -0.2) is 46.9 Å². The number of carbonyl (C=O) groups excluding carboxylic acids is 1. The molecule has 0 fully saturated rings. The van der Waals surface area contributed by atoms with Gasteiger partial charge in [-0.15, -0.1) is 0 Å². The van der Waals surface area contributed by atoms with Crippen molar-refractivity contribution < 1.29 is 22.7 Å². The van der Waals surface area contributed by atoms with Crippen molar-refractivity contribution in [1.29, 1.82) is 0 Å². The van der Waals surface area contributed by atoms with Crippen molar-refractivity contribution in [3.8, 4) is 11.5 Å². The third kappa shape index (κ3) is 5.89. The molecule has 0 radical (unpaired) electrons. The maximum Gasteiger partial charge on any atom is 0.244 e. The van der Waals surface area contributed by atoms with Crippen LogP contribution >= 0.6 is 0 Å². The minimum Gasteiger partial charge on any atom is -0.497 e. The van der Waals surface area contributed by atoms with E-state index in [0.29, 0.717) is 17.9 Å². The van der Waals surface area contributed by atoms with Gasteiger partial charge in [0.25, 0.3) is 0 Å². The summed E-state index contributed by atoms with van der Waals surface area (Å²) in [5.41, 5.74) is 2.56. The number of hydrogen-bond donors (Lipinski definition) is 1. The Kier molecular flexibility index (Phi) is 8.11. The van der Waals surface area contributed by atoms with Crippen LogP contribution in [0.25, 0.3) is 0 Å². The van der Waals surface area contributed by atoms with Crippen LogP contribution in [0.15, 0.2) is 42.5 Å². The summed E-state index contributed by atoms with van der Waals surface area (Å²) in [6, 6.07) is 11.6. The van der Waals surface area contributed by atoms with Crippen molar-refractivity contribution in [1.82, 2.24) is 5.32 Å². The van der Waals surface area contributed by atoms with Gasteiger partial charge in [-0.3, -0.25) is 9.10 Å². The summed E-state index contributed by atoms with van der Waals surface area (Å²) in [7, 11) is -2.19. The molecule has 2 aromatic carbocycles. The van der Waals surface area contributed by atoms with Gasteiger partial charge in [-0.05, 0) is 49.6 Å². The first-order chi connectivity index (χ1) is 14.2. The van der Waals surface area contributed by atoms with Crippen LogP contribution in [0, 0.1) is 13.8 Å². The second-order valence-electron chi connectivity index (χ2n) is 7.02. The topological polar surface area (TPSA) is 84.9 Å². The molecule has 0 aliphatic heterocycles. The van der Waals surface area contributed by atoms with E-state index in [9.17, 15) is 13.2 Å². The molecule has 0 unspecified atom stereocenters. The fourth-order valence-electron chi connectivity index (χ4n) is 3.14. The van der Waals surface area contributed by atoms with Crippen molar-refractivity contribution >= 4 is 21.6 Å². The van der Waals surface area contributed by atoms with E-state index in [2.05, 4.69) is 5.32 Å². The van der Waals surface area contributed by atoms with Gasteiger partial charge in [0, 0.05) is 6.07 Å². The summed E-state index contributed by atoms with van der Waals surface area (Å²) in [6.07, 6.45) is 1.40. The first-order valence-corrected chi connectivity index (χ1v) is 11.6. The predicted octanol–water partition coefficient (Wildman–Crippen LogP) is 3.05. The van der Waals surface area contributed by atoms with E-state index in [1.165, 1.54) is 7.11 Å². The summed E-state index contributed by atoms with van der Waals surface area (Å²) in [5.74, 6) is 0.902. The third-order valence-corrected chi connectivity index (χ3v) is 6.03. The molecule has 8 heteroatoms. The second kappa shape index (κ2) is 10.3. The zero-order valence-electron chi connectivity index (χ0n) is 18.1. The highest BCUT2D eigenvalue weighted by Crippen LogP contribution is 2.26. The molecule has 0 bridgehead atoms. The number of aryl methyl sites for hydroxylation is 1. The Labute approximate surface area is 179 Å². The Morgan fingerprint density at radius 3 is 2.50 bits per heavy atom. The lowest BCUT2D eigenvalue weighted by Gasteiger charge is -2.30. The van der Waals surface area contributed by atoms with E-state index in [1.807, 2.05) is 32.0 Å². The molecule has 7 nitrogen and oxygen atoms in total. The van der Waals surface area contributed by atoms with E-state index < -0.39 is 16.1 Å². The first kappa shape index (κ1) is 23.5. The summed E-state index contributed by atoms with van der Waals surface area (Å²) in [4.78, 5) is 12.8. The molecule has 1 N–H and O–H groups in total. The summed E-state index contributed by atoms with van der Waals surface area (Å²) in [6.45, 7) is 6.31. The number of hydrogen-bond acceptors (Lipinski definition) is 5. The van der Waals surface area contributed by atoms with Crippen molar-refractivity contribution in [2.75, 3.05) is 30.8 Å². The summed E-state index contributed by atoms with van der Waals surface area (Å²) >= 11 is 0. The molecule has 0 aliphatic rings. The van der Waals surface area contributed by atoms with Gasteiger partial charge >= 0.3 is 0 Å². The lowest BCUT2D eigenvalue weighted by atomic mass is 10.1. The summed E-state index contributed by atoms with van der Waals surface area (Å²) < 4.78 is 37.1. The van der Waals surface area contributed by atoms with Gasteiger partial charge in [0.05, 0.1) is 25.6 Å². The Hall–Kier alpha value is -2.74. The lowest BCUT2D eigenvalue weighted by molar-refractivity contribution is -0.122. The van der Waals surface area contributed by atoms with Crippen molar-refractivity contribution in [3.63, 3.8) is 0 Å². The molecule has 2 aromatic rings. The molecular formula is C22H30N2O5S. The fourth-order valence-corrected chi connectivity index (χ4v) is 4.34. The van der Waals surface area contributed by atoms with E-state index in [4.69, 9.17) is 9.47 Å². The maximum absolute atomic E-state index is 12.8. The predicted molar refractivity (Wildman–Crippen MR) is 119 cm³/mol. The number of methoxy groups -OCH3 is 1. The lowest BCUT2D eigenvalue weighted by Crippen LogP contribution is -2.50. The minimum absolute atomic E-state index is 0.262. The molecular weight excluding hydrogens is 404 g/mol. The Bertz CT molecular complexity index is 975. The van der Waals surface area contributed by atoms with Gasteiger partial charge < -0.3 is 14.8 Å². The average Bonchev–Trinajstić information content (AvgIpc) is 2.71. The maximum atomic E-state index is 12.8. The van der Waals surface area contributed by atoms with Crippen LogP contribution < -0.4 is 19.1 Å². The molecule has 0 saturated heterocycles. The van der Waals surface area contributed by atoms with Crippen LogP contribution in [0.1, 0.15) is 24.5 Å². The first-order valence-electron chi connectivity index (χ1n) is 9.79. The highest BCUT2D eigenvalue weighted by Gasteiger charge is 2.31. The molecule has 0 aliphatic carbocycles. The van der Waals surface area contributed by atoms with Crippen LogP contribution in [0.4, 0.5) is 5.69 Å². The zero-order valence-corrected chi connectivity index (χ0v) is 19.0. The van der Waals surface area contributed by atoms with Gasteiger partial charge in [-0.2, -0.15) is 0 Å². The van der Waals surface area contributed by atoms with E-state index in [0.717, 1.165) is 27.4 Å². The molecule has 2 rings (SSSR count). The molecule has 1 atom stereocenters. The van der Waals surface area contributed by atoms with E-state index >= 15 is 0 Å². The molecule has 1 amide bonds. The molecule has 164 valence electrons. The number of nitrogens with one attached hydrogen (secondary N) is 1. The second-order valence-corrected chi connectivity index (χ2v) is 8.88. The number of benzene rings is 2. The van der Waals surface area contributed by atoms with Crippen molar-refractivity contribution in [3.05, 3.63) is 53.6 Å². The Morgan fingerprint density at radius 2 is 1.87 bits per heavy atom. The van der Waals surface area contributed by atoms with Crippen LogP contribution in [-0.2, 0) is 14.8 Å². The number of sulfonamides is 1. The third-order valence-electron chi connectivity index (χ3n) is 4.85. The van der Waals surface area contributed by atoms with E-state index in [-0.39, 0.29) is 19.1 Å². The monoisotopic (exact) mass is 434 g/mol. The van der Waals surface area contributed by atoms with Gasteiger partial charge in [0.1, 0.15) is 24.1 Å². The quantitative estimate of drug-likeness (QED) is 0.581. The number of carbonyl (C=O) groups is 1. The van der Waals surface area contributed by atoms with Crippen molar-refractivity contribution in [2.45, 2.75) is 33.2 Å². The normalized spacial score (nSPS) is 12.2. The Morgan fingerprint density at radius 1 is 1.17 bits per heavy atom. The highest BCUT2D eigenvalue weighted by atomic mass is 32.2. The van der Waals surface area contributed by atoms with Gasteiger partial charge in [-0.25, -0.2) is 8.42 Å². The molecule has 0 saturated carbocycles. The standard InChI is InChI=1S/C22H30N2O5S/c1-6-20(24(30(5,26)27)18-10-8-11-19(15-18)28-4)22(25)23-13-14-29-21-12-7-9-16(2)17(21)3/h7-12,15,20H,6,13-14H2,1-5H3,(H,23,25)/t20-/m0/s1. The molecule has 0 spiro atoms. The number of rotatable bonds is 10. The Balaban J connectivity index is 2.09. The van der Waals surface area contributed by atoms with Gasteiger partial charge in [0.15, 0.2) is 0 Å². The average molecular weight is 435 g/mol. The summed E-state index contributed by atoms with van der Waals surface area (Å²) in [5, 5.41) is 2.79. The van der Waals surface area contributed by atoms with Crippen molar-refractivity contribution in [2.24, 2.45) is 0 Å². The fraction of sp³-hybridized carbons (Fsp3) is 0.409. The highest BCUT2D eigenvalue weighted by molar-refractivity contribution is 7.92. The SMILES string of the molecule is CC[C@@H](C(=O)NCCOc1cccc(C)c1C)N(c1cccc(OC)c1)S(C)(=O)=O. The van der Waals surface area contributed by atoms with Gasteiger partial charge in [0.2, 0.25) is 15.9 Å². The molecule has 30 heavy (non-hydrogen) atoms. The zero-order chi connectivity index (χ0) is 22.3. The smallest absolute Gasteiger partial charge is 0.244 e. The van der Waals surface area contributed by atoms with Crippen LogP contribution in [0.3, 0.4) is 0 Å². The number of ether oxygens (including phenoxy) is 2. The molecule has 0 heterocycles. The number of nitrogens with zero attached hydrogens (tertiary/aromatic N) is 1.